The van der Waals surface area contributed by atoms with E-state index in [9.17, 15) is 9.18 Å². The molecule has 3 aromatic rings. The van der Waals surface area contributed by atoms with E-state index >= 15 is 0 Å². The van der Waals surface area contributed by atoms with E-state index in [4.69, 9.17) is 0 Å². The summed E-state index contributed by atoms with van der Waals surface area (Å²) >= 11 is 2.64. The van der Waals surface area contributed by atoms with Crippen molar-refractivity contribution in [3.63, 3.8) is 0 Å². The van der Waals surface area contributed by atoms with E-state index in [-0.39, 0.29) is 17.5 Å². The molecule has 26 heavy (non-hydrogen) atoms. The van der Waals surface area contributed by atoms with Gasteiger partial charge in [0.1, 0.15) is 5.82 Å². The fourth-order valence-electron chi connectivity index (χ4n) is 2.17. The number of carbonyl (C=O) groups excluding carboxylic acids is 1. The first-order valence-electron chi connectivity index (χ1n) is 7.84. The zero-order valence-corrected chi connectivity index (χ0v) is 15.6. The van der Waals surface area contributed by atoms with E-state index in [0.29, 0.717) is 10.1 Å². The normalized spacial score (nSPS) is 10.5. The van der Waals surface area contributed by atoms with Crippen LogP contribution in [0.5, 0.6) is 0 Å². The van der Waals surface area contributed by atoms with Crippen LogP contribution >= 0.6 is 23.5 Å². The molecule has 1 heterocycles. The number of nitrogens with one attached hydrogen (secondary N) is 1. The van der Waals surface area contributed by atoms with Crippen LogP contribution in [-0.4, -0.2) is 21.6 Å². The van der Waals surface area contributed by atoms with Crippen molar-refractivity contribution < 1.29 is 9.18 Å². The Kier molecular flexibility index (Phi) is 6.25. The van der Waals surface area contributed by atoms with Crippen LogP contribution in [0.4, 0.5) is 10.1 Å². The Morgan fingerprint density at radius 3 is 2.62 bits per heavy atom. The van der Waals surface area contributed by atoms with E-state index in [1.54, 1.807) is 36.7 Å². The van der Waals surface area contributed by atoms with Gasteiger partial charge in [-0.1, -0.05) is 12.1 Å². The fraction of sp³-hybridized carbons (Fsp3) is 0.105. The molecule has 1 amide bonds. The van der Waals surface area contributed by atoms with Gasteiger partial charge in [0.15, 0.2) is 5.16 Å². The van der Waals surface area contributed by atoms with Gasteiger partial charge in [0.25, 0.3) is 0 Å². The number of carbonyl (C=O) groups is 1. The lowest BCUT2D eigenvalue weighted by Gasteiger charge is -2.10. The largest absolute Gasteiger partial charge is 0.325 e. The third kappa shape index (κ3) is 5.06. The standard InChI is InChI=1S/C19H16FN3OS2/c1-13-11-14(26-19-21-9-4-10-22-19)7-8-16(13)23-18(24)12-25-17-6-3-2-5-15(17)20/h2-11H,12H2,1H3,(H,23,24). The van der Waals surface area contributed by atoms with Gasteiger partial charge in [0.2, 0.25) is 5.91 Å². The van der Waals surface area contributed by atoms with Gasteiger partial charge in [-0.25, -0.2) is 14.4 Å². The molecule has 0 bridgehead atoms. The van der Waals surface area contributed by atoms with Gasteiger partial charge in [-0.15, -0.1) is 11.8 Å². The molecule has 2 aromatic carbocycles. The molecule has 7 heteroatoms. The molecule has 0 atom stereocenters. The molecule has 3 rings (SSSR count). The molecule has 132 valence electrons. The monoisotopic (exact) mass is 385 g/mol. The number of rotatable bonds is 6. The van der Waals surface area contributed by atoms with E-state index in [0.717, 1.165) is 16.1 Å². The lowest BCUT2D eigenvalue weighted by Crippen LogP contribution is -2.14. The van der Waals surface area contributed by atoms with Crippen LogP contribution < -0.4 is 5.32 Å². The van der Waals surface area contributed by atoms with Crippen LogP contribution in [-0.2, 0) is 4.79 Å². The van der Waals surface area contributed by atoms with Crippen molar-refractivity contribution in [3.05, 3.63) is 72.3 Å². The predicted molar refractivity (Wildman–Crippen MR) is 103 cm³/mol. The number of nitrogens with zero attached hydrogens (tertiary/aromatic N) is 2. The highest BCUT2D eigenvalue weighted by Gasteiger charge is 2.09. The van der Waals surface area contributed by atoms with Crippen molar-refractivity contribution >= 4 is 35.1 Å². The molecule has 0 radical (unpaired) electrons. The molecule has 4 nitrogen and oxygen atoms in total. The third-order valence-electron chi connectivity index (χ3n) is 3.42. The Morgan fingerprint density at radius 2 is 1.88 bits per heavy atom. The molecule has 1 N–H and O–H groups in total. The van der Waals surface area contributed by atoms with Crippen LogP contribution in [0.2, 0.25) is 0 Å². The number of anilines is 1. The Bertz CT molecular complexity index is 906. The molecule has 0 aliphatic rings. The van der Waals surface area contributed by atoms with Crippen molar-refractivity contribution in [2.75, 3.05) is 11.1 Å². The van der Waals surface area contributed by atoms with Crippen LogP contribution in [0, 0.1) is 12.7 Å². The summed E-state index contributed by atoms with van der Waals surface area (Å²) in [5, 5.41) is 3.54. The van der Waals surface area contributed by atoms with Crippen molar-refractivity contribution in [3.8, 4) is 0 Å². The summed E-state index contributed by atoms with van der Waals surface area (Å²) in [5.41, 5.74) is 1.68. The summed E-state index contributed by atoms with van der Waals surface area (Å²) in [6, 6.07) is 13.9. The van der Waals surface area contributed by atoms with Crippen molar-refractivity contribution in [1.82, 2.24) is 9.97 Å². The topological polar surface area (TPSA) is 54.9 Å². The van der Waals surface area contributed by atoms with Gasteiger partial charge in [0.05, 0.1) is 5.75 Å². The first-order chi connectivity index (χ1) is 12.6. The van der Waals surface area contributed by atoms with Gasteiger partial charge in [-0.2, -0.15) is 0 Å². The summed E-state index contributed by atoms with van der Waals surface area (Å²) in [4.78, 5) is 22.0. The number of hydrogen-bond acceptors (Lipinski definition) is 5. The zero-order valence-electron chi connectivity index (χ0n) is 14.0. The van der Waals surface area contributed by atoms with E-state index in [2.05, 4.69) is 15.3 Å². The number of aromatic nitrogens is 2. The van der Waals surface area contributed by atoms with Crippen LogP contribution in [0.15, 0.2) is 75.9 Å². The number of halogens is 1. The smallest absolute Gasteiger partial charge is 0.234 e. The first kappa shape index (κ1) is 18.4. The number of thioether (sulfide) groups is 1. The zero-order chi connectivity index (χ0) is 18.4. The van der Waals surface area contributed by atoms with Crippen LogP contribution in [0.25, 0.3) is 0 Å². The molecule has 1 aromatic heterocycles. The second-order valence-electron chi connectivity index (χ2n) is 5.38. The maximum Gasteiger partial charge on any atom is 0.234 e. The van der Waals surface area contributed by atoms with Crippen molar-refractivity contribution in [2.24, 2.45) is 0 Å². The van der Waals surface area contributed by atoms with Crippen LogP contribution in [0.1, 0.15) is 5.56 Å². The van der Waals surface area contributed by atoms with Gasteiger partial charge in [-0.05, 0) is 60.6 Å². The minimum absolute atomic E-state index is 0.148. The molecule has 0 aliphatic carbocycles. The fourth-order valence-corrected chi connectivity index (χ4v) is 3.72. The predicted octanol–water partition coefficient (Wildman–Crippen LogP) is 4.81. The van der Waals surface area contributed by atoms with Crippen LogP contribution in [0.3, 0.4) is 0 Å². The average molecular weight is 385 g/mol. The quantitative estimate of drug-likeness (QED) is 0.488. The highest BCUT2D eigenvalue weighted by molar-refractivity contribution is 8.00. The van der Waals surface area contributed by atoms with Gasteiger partial charge >= 0.3 is 0 Å². The number of amides is 1. The molecular weight excluding hydrogens is 369 g/mol. The van der Waals surface area contributed by atoms with Gasteiger partial charge < -0.3 is 5.32 Å². The van der Waals surface area contributed by atoms with E-state index in [1.165, 1.54) is 29.6 Å². The summed E-state index contributed by atoms with van der Waals surface area (Å²) in [7, 11) is 0. The van der Waals surface area contributed by atoms with E-state index in [1.807, 2.05) is 25.1 Å². The maximum atomic E-state index is 13.6. The first-order valence-corrected chi connectivity index (χ1v) is 9.65. The van der Waals surface area contributed by atoms with Gasteiger partial charge in [-0.3, -0.25) is 4.79 Å². The third-order valence-corrected chi connectivity index (χ3v) is 5.35. The molecule has 0 unspecified atom stereocenters. The molecule has 0 fully saturated rings. The Labute approximate surface area is 159 Å². The Balaban J connectivity index is 1.59. The summed E-state index contributed by atoms with van der Waals surface area (Å²) in [6.07, 6.45) is 3.40. The lowest BCUT2D eigenvalue weighted by atomic mass is 10.2. The molecule has 0 saturated heterocycles. The second kappa shape index (κ2) is 8.82. The molecule has 0 aliphatic heterocycles. The molecule has 0 saturated carbocycles. The second-order valence-corrected chi connectivity index (χ2v) is 7.44. The minimum atomic E-state index is -0.314. The summed E-state index contributed by atoms with van der Waals surface area (Å²) < 4.78 is 13.6. The van der Waals surface area contributed by atoms with E-state index < -0.39 is 0 Å². The number of aryl methyl sites for hydroxylation is 1. The maximum absolute atomic E-state index is 13.6. The Hall–Kier alpha value is -2.38. The SMILES string of the molecule is Cc1cc(Sc2ncccn2)ccc1NC(=O)CSc1ccccc1F. The number of hydrogen-bond donors (Lipinski definition) is 1. The lowest BCUT2D eigenvalue weighted by molar-refractivity contribution is -0.113. The Morgan fingerprint density at radius 1 is 1.12 bits per heavy atom. The van der Waals surface area contributed by atoms with Crippen molar-refractivity contribution in [2.45, 2.75) is 21.9 Å². The highest BCUT2D eigenvalue weighted by Crippen LogP contribution is 2.28. The number of benzene rings is 2. The summed E-state index contributed by atoms with van der Waals surface area (Å²) in [6.45, 7) is 1.93. The molecule has 0 spiro atoms. The van der Waals surface area contributed by atoms with Crippen molar-refractivity contribution in [1.29, 1.82) is 0 Å². The average Bonchev–Trinajstić information content (AvgIpc) is 2.64. The minimum Gasteiger partial charge on any atom is -0.325 e. The van der Waals surface area contributed by atoms with Gasteiger partial charge in [0, 0.05) is 27.9 Å². The summed E-state index contributed by atoms with van der Waals surface area (Å²) in [5.74, 6) is -0.339. The molecular formula is C19H16FN3OS2. The highest BCUT2D eigenvalue weighted by atomic mass is 32.2.